The van der Waals surface area contributed by atoms with Crippen LogP contribution in [-0.4, -0.2) is 25.3 Å². The van der Waals surface area contributed by atoms with Crippen molar-refractivity contribution in [3.63, 3.8) is 0 Å². The lowest BCUT2D eigenvalue weighted by atomic mass is 9.95. The van der Waals surface area contributed by atoms with Crippen LogP contribution in [0.15, 0.2) is 42.5 Å². The van der Waals surface area contributed by atoms with Crippen molar-refractivity contribution < 1.29 is 5.11 Å². The summed E-state index contributed by atoms with van der Waals surface area (Å²) >= 11 is 0. The van der Waals surface area contributed by atoms with Crippen molar-refractivity contribution in [1.82, 2.24) is 20.2 Å². The van der Waals surface area contributed by atoms with Crippen LogP contribution in [0.5, 0.6) is 5.75 Å². The van der Waals surface area contributed by atoms with E-state index < -0.39 is 0 Å². The lowest BCUT2D eigenvalue weighted by molar-refractivity contribution is 0.458. The number of nitrogens with zero attached hydrogens (tertiary/aromatic N) is 4. The van der Waals surface area contributed by atoms with Gasteiger partial charge in [0.1, 0.15) is 5.75 Å². The standard InChI is InChI=1S/C20H23N5O/c1-14-7-5-8-15(2)18(14)25-19(22-23-24-25)20(11-3-4-12-20)21-16-9-6-10-17(26)13-16/h5-10,13,21,26H,3-4,11-12H2,1-2H3. The number of hydrogen-bond donors (Lipinski definition) is 2. The summed E-state index contributed by atoms with van der Waals surface area (Å²) in [5.41, 5.74) is 3.86. The molecule has 6 heteroatoms. The van der Waals surface area contributed by atoms with Crippen molar-refractivity contribution in [3.8, 4) is 11.4 Å². The van der Waals surface area contributed by atoms with Crippen LogP contribution in [0.3, 0.4) is 0 Å². The molecular formula is C20H23N5O. The Morgan fingerprint density at radius 2 is 1.73 bits per heavy atom. The van der Waals surface area contributed by atoms with E-state index in [2.05, 4.69) is 52.9 Å². The fourth-order valence-electron chi connectivity index (χ4n) is 4.02. The molecule has 1 aliphatic rings. The Balaban J connectivity index is 1.81. The Hall–Kier alpha value is -2.89. The van der Waals surface area contributed by atoms with Crippen molar-refractivity contribution in [1.29, 1.82) is 0 Å². The van der Waals surface area contributed by atoms with E-state index in [4.69, 9.17) is 0 Å². The Kier molecular flexibility index (Phi) is 4.11. The van der Waals surface area contributed by atoms with E-state index in [-0.39, 0.29) is 11.3 Å². The predicted molar refractivity (Wildman–Crippen MR) is 101 cm³/mol. The van der Waals surface area contributed by atoms with Crippen LogP contribution in [-0.2, 0) is 5.54 Å². The van der Waals surface area contributed by atoms with Gasteiger partial charge in [0.15, 0.2) is 5.82 Å². The minimum Gasteiger partial charge on any atom is -0.508 e. The van der Waals surface area contributed by atoms with Gasteiger partial charge in [-0.25, -0.2) is 0 Å². The molecule has 0 aliphatic heterocycles. The van der Waals surface area contributed by atoms with Crippen LogP contribution in [0.1, 0.15) is 42.6 Å². The molecular weight excluding hydrogens is 326 g/mol. The lowest BCUT2D eigenvalue weighted by Gasteiger charge is -2.30. The van der Waals surface area contributed by atoms with E-state index in [1.54, 1.807) is 12.1 Å². The maximum atomic E-state index is 9.82. The fraction of sp³-hybridized carbons (Fsp3) is 0.350. The van der Waals surface area contributed by atoms with Crippen LogP contribution in [0.25, 0.3) is 5.69 Å². The number of phenolic OH excluding ortho intramolecular Hbond substituents is 1. The van der Waals surface area contributed by atoms with E-state index in [9.17, 15) is 5.11 Å². The molecule has 1 heterocycles. The molecule has 6 nitrogen and oxygen atoms in total. The number of aromatic hydroxyl groups is 1. The van der Waals surface area contributed by atoms with Crippen LogP contribution >= 0.6 is 0 Å². The van der Waals surface area contributed by atoms with E-state index in [1.165, 1.54) is 0 Å². The third-order valence-corrected chi connectivity index (χ3v) is 5.24. The van der Waals surface area contributed by atoms with Crippen LogP contribution < -0.4 is 5.32 Å². The first-order chi connectivity index (χ1) is 12.6. The monoisotopic (exact) mass is 349 g/mol. The first kappa shape index (κ1) is 16.6. The third-order valence-electron chi connectivity index (χ3n) is 5.24. The number of aryl methyl sites for hydroxylation is 2. The number of para-hydroxylation sites is 1. The molecule has 1 fully saturated rings. The number of tetrazole rings is 1. The fourth-order valence-corrected chi connectivity index (χ4v) is 4.02. The van der Waals surface area contributed by atoms with E-state index in [0.717, 1.165) is 54.0 Å². The molecule has 0 amide bonds. The number of hydrogen-bond acceptors (Lipinski definition) is 5. The number of rotatable bonds is 4. The summed E-state index contributed by atoms with van der Waals surface area (Å²) in [4.78, 5) is 0. The van der Waals surface area contributed by atoms with Gasteiger partial charge in [0.2, 0.25) is 0 Å². The average molecular weight is 349 g/mol. The molecule has 26 heavy (non-hydrogen) atoms. The van der Waals surface area contributed by atoms with E-state index >= 15 is 0 Å². The van der Waals surface area contributed by atoms with Crippen molar-refractivity contribution in [2.45, 2.75) is 45.1 Å². The van der Waals surface area contributed by atoms with Crippen LogP contribution in [0.2, 0.25) is 0 Å². The molecule has 0 atom stereocenters. The zero-order valence-corrected chi connectivity index (χ0v) is 15.1. The summed E-state index contributed by atoms with van der Waals surface area (Å²) in [6, 6.07) is 13.4. The topological polar surface area (TPSA) is 75.9 Å². The molecule has 0 unspecified atom stereocenters. The highest BCUT2D eigenvalue weighted by molar-refractivity contribution is 5.52. The summed E-state index contributed by atoms with van der Waals surface area (Å²) < 4.78 is 1.88. The molecule has 3 aromatic rings. The Morgan fingerprint density at radius 1 is 1.04 bits per heavy atom. The summed E-state index contributed by atoms with van der Waals surface area (Å²) in [5, 5.41) is 26.2. The van der Waals surface area contributed by atoms with Gasteiger partial charge in [0.05, 0.1) is 11.2 Å². The second kappa shape index (κ2) is 6.44. The highest BCUT2D eigenvalue weighted by Gasteiger charge is 2.41. The van der Waals surface area contributed by atoms with Crippen molar-refractivity contribution in [3.05, 3.63) is 59.4 Å². The molecule has 1 aliphatic carbocycles. The summed E-state index contributed by atoms with van der Waals surface area (Å²) in [5.74, 6) is 1.08. The smallest absolute Gasteiger partial charge is 0.181 e. The van der Waals surface area contributed by atoms with Crippen molar-refractivity contribution in [2.24, 2.45) is 0 Å². The van der Waals surface area contributed by atoms with Crippen molar-refractivity contribution >= 4 is 5.69 Å². The Bertz CT molecular complexity index is 907. The van der Waals surface area contributed by atoms with Gasteiger partial charge in [-0.1, -0.05) is 37.1 Å². The highest BCUT2D eigenvalue weighted by atomic mass is 16.3. The predicted octanol–water partition coefficient (Wildman–Crippen LogP) is 3.87. The van der Waals surface area contributed by atoms with Gasteiger partial charge in [-0.2, -0.15) is 4.68 Å². The van der Waals surface area contributed by atoms with Crippen molar-refractivity contribution in [2.75, 3.05) is 5.32 Å². The van der Waals surface area contributed by atoms with Gasteiger partial charge in [-0.05, 0) is 60.4 Å². The molecule has 0 bridgehead atoms. The maximum Gasteiger partial charge on any atom is 0.181 e. The Morgan fingerprint density at radius 3 is 2.42 bits per heavy atom. The second-order valence-electron chi connectivity index (χ2n) is 7.12. The Labute approximate surface area is 152 Å². The zero-order valence-electron chi connectivity index (χ0n) is 15.1. The molecule has 2 aromatic carbocycles. The normalized spacial score (nSPS) is 15.9. The van der Waals surface area contributed by atoms with Gasteiger partial charge in [-0.15, -0.1) is 5.10 Å². The molecule has 134 valence electrons. The molecule has 0 spiro atoms. The van der Waals surface area contributed by atoms with Crippen LogP contribution in [0, 0.1) is 13.8 Å². The van der Waals surface area contributed by atoms with E-state index in [0.29, 0.717) is 0 Å². The molecule has 0 radical (unpaired) electrons. The van der Waals surface area contributed by atoms with Crippen LogP contribution in [0.4, 0.5) is 5.69 Å². The molecule has 1 saturated carbocycles. The molecule has 4 rings (SSSR count). The highest BCUT2D eigenvalue weighted by Crippen LogP contribution is 2.41. The number of nitrogens with one attached hydrogen (secondary N) is 1. The zero-order chi connectivity index (χ0) is 18.1. The lowest BCUT2D eigenvalue weighted by Crippen LogP contribution is -2.35. The number of anilines is 1. The minimum absolute atomic E-state index is 0.248. The number of aromatic nitrogens is 4. The average Bonchev–Trinajstić information content (AvgIpc) is 3.25. The summed E-state index contributed by atoms with van der Waals surface area (Å²) in [6.07, 6.45) is 4.14. The summed E-state index contributed by atoms with van der Waals surface area (Å²) in [7, 11) is 0. The van der Waals surface area contributed by atoms with Gasteiger partial charge in [0, 0.05) is 11.8 Å². The molecule has 2 N–H and O–H groups in total. The molecule has 1 aromatic heterocycles. The third kappa shape index (κ3) is 2.81. The first-order valence-corrected chi connectivity index (χ1v) is 9.02. The number of benzene rings is 2. The second-order valence-corrected chi connectivity index (χ2v) is 7.12. The van der Waals surface area contributed by atoms with Gasteiger partial charge >= 0.3 is 0 Å². The number of phenols is 1. The minimum atomic E-state index is -0.341. The molecule has 0 saturated heterocycles. The maximum absolute atomic E-state index is 9.82. The largest absolute Gasteiger partial charge is 0.508 e. The van der Waals surface area contributed by atoms with E-state index in [1.807, 2.05) is 16.8 Å². The quantitative estimate of drug-likeness (QED) is 0.748. The SMILES string of the molecule is Cc1cccc(C)c1-n1nnnc1C1(Nc2cccc(O)c2)CCCC1. The first-order valence-electron chi connectivity index (χ1n) is 9.02. The van der Waals surface area contributed by atoms with Gasteiger partial charge in [-0.3, -0.25) is 0 Å². The summed E-state index contributed by atoms with van der Waals surface area (Å²) in [6.45, 7) is 4.16. The van der Waals surface area contributed by atoms with Gasteiger partial charge in [0.25, 0.3) is 0 Å². The van der Waals surface area contributed by atoms with Gasteiger partial charge < -0.3 is 10.4 Å².